The standard InChI is InChI=1S/C11H15Br2N/c1-4-8(3)14-11-9(12)5-7(2)6-10(11)13/h5-6,8,14H,4H2,1-3H3. The summed E-state index contributed by atoms with van der Waals surface area (Å²) < 4.78 is 2.23. The minimum atomic E-state index is 0.491. The van der Waals surface area contributed by atoms with Gasteiger partial charge in [0.2, 0.25) is 0 Å². The number of rotatable bonds is 3. The summed E-state index contributed by atoms with van der Waals surface area (Å²) in [6.45, 7) is 6.44. The molecule has 0 aliphatic carbocycles. The fraction of sp³-hybridized carbons (Fsp3) is 0.455. The van der Waals surface area contributed by atoms with E-state index in [1.807, 2.05) is 0 Å². The first-order valence-corrected chi connectivity index (χ1v) is 6.35. The van der Waals surface area contributed by atoms with Gasteiger partial charge in [-0.25, -0.2) is 0 Å². The summed E-state index contributed by atoms with van der Waals surface area (Å²) in [6, 6.07) is 4.73. The summed E-state index contributed by atoms with van der Waals surface area (Å²) in [7, 11) is 0. The van der Waals surface area contributed by atoms with Crippen LogP contribution in [-0.4, -0.2) is 6.04 Å². The Morgan fingerprint density at radius 2 is 1.79 bits per heavy atom. The van der Waals surface area contributed by atoms with E-state index in [0.717, 1.165) is 21.1 Å². The second-order valence-electron chi connectivity index (χ2n) is 3.56. The number of aryl methyl sites for hydroxylation is 1. The number of nitrogens with one attached hydrogen (secondary N) is 1. The molecule has 0 spiro atoms. The number of hydrogen-bond donors (Lipinski definition) is 1. The third kappa shape index (κ3) is 2.99. The number of hydrogen-bond acceptors (Lipinski definition) is 1. The van der Waals surface area contributed by atoms with Crippen LogP contribution in [0.5, 0.6) is 0 Å². The van der Waals surface area contributed by atoms with Gasteiger partial charge in [-0.1, -0.05) is 6.92 Å². The maximum absolute atomic E-state index is 3.56. The third-order valence-corrected chi connectivity index (χ3v) is 3.44. The fourth-order valence-electron chi connectivity index (χ4n) is 1.19. The lowest BCUT2D eigenvalue weighted by molar-refractivity contribution is 0.763. The minimum absolute atomic E-state index is 0.491. The van der Waals surface area contributed by atoms with Crippen molar-refractivity contribution in [2.75, 3.05) is 5.32 Å². The molecule has 1 atom stereocenters. The molecule has 1 nitrogen and oxygen atoms in total. The van der Waals surface area contributed by atoms with Crippen LogP contribution < -0.4 is 5.32 Å². The maximum Gasteiger partial charge on any atom is 0.0631 e. The second-order valence-corrected chi connectivity index (χ2v) is 5.27. The topological polar surface area (TPSA) is 12.0 Å². The molecule has 0 aliphatic heterocycles. The van der Waals surface area contributed by atoms with E-state index < -0.39 is 0 Å². The molecule has 1 rings (SSSR count). The van der Waals surface area contributed by atoms with Crippen LogP contribution in [0.3, 0.4) is 0 Å². The molecule has 1 aromatic rings. The van der Waals surface area contributed by atoms with Crippen molar-refractivity contribution in [1.82, 2.24) is 0 Å². The first-order valence-electron chi connectivity index (χ1n) is 4.76. The van der Waals surface area contributed by atoms with Crippen LogP contribution in [0.4, 0.5) is 5.69 Å². The van der Waals surface area contributed by atoms with Crippen LogP contribution in [0, 0.1) is 6.92 Å². The molecular formula is C11H15Br2N. The molecule has 0 aromatic heterocycles. The second kappa shape index (κ2) is 5.17. The molecular weight excluding hydrogens is 306 g/mol. The van der Waals surface area contributed by atoms with Gasteiger partial charge in [0.1, 0.15) is 0 Å². The quantitative estimate of drug-likeness (QED) is 0.849. The van der Waals surface area contributed by atoms with Crippen molar-refractivity contribution < 1.29 is 0 Å². The lowest BCUT2D eigenvalue weighted by atomic mass is 10.2. The molecule has 0 saturated heterocycles. The van der Waals surface area contributed by atoms with E-state index in [1.54, 1.807) is 0 Å². The van der Waals surface area contributed by atoms with E-state index in [0.29, 0.717) is 6.04 Å². The van der Waals surface area contributed by atoms with Crippen LogP contribution in [0.15, 0.2) is 21.1 Å². The summed E-state index contributed by atoms with van der Waals surface area (Å²) in [6.07, 6.45) is 1.12. The van der Waals surface area contributed by atoms with Crippen molar-refractivity contribution >= 4 is 37.5 Å². The van der Waals surface area contributed by atoms with Gasteiger partial charge in [0, 0.05) is 15.0 Å². The monoisotopic (exact) mass is 319 g/mol. The van der Waals surface area contributed by atoms with Crippen LogP contribution in [0.25, 0.3) is 0 Å². The molecule has 0 aliphatic rings. The molecule has 1 N–H and O–H groups in total. The Bertz CT molecular complexity index is 300. The summed E-state index contributed by atoms with van der Waals surface area (Å²) in [5.74, 6) is 0. The smallest absolute Gasteiger partial charge is 0.0631 e. The fourth-order valence-corrected chi connectivity index (χ4v) is 2.83. The molecule has 78 valence electrons. The molecule has 1 unspecified atom stereocenters. The summed E-state index contributed by atoms with van der Waals surface area (Å²) in [5.41, 5.74) is 2.39. The average molecular weight is 321 g/mol. The van der Waals surface area contributed by atoms with E-state index in [-0.39, 0.29) is 0 Å². The van der Waals surface area contributed by atoms with Gasteiger partial charge in [-0.2, -0.15) is 0 Å². The molecule has 0 amide bonds. The predicted molar refractivity (Wildman–Crippen MR) is 70.0 cm³/mol. The first kappa shape index (κ1) is 12.1. The van der Waals surface area contributed by atoms with Crippen molar-refractivity contribution in [2.24, 2.45) is 0 Å². The molecule has 0 heterocycles. The lowest BCUT2D eigenvalue weighted by Gasteiger charge is -2.16. The first-order chi connectivity index (χ1) is 6.54. The van der Waals surface area contributed by atoms with Gasteiger partial charge in [-0.15, -0.1) is 0 Å². The van der Waals surface area contributed by atoms with Gasteiger partial charge in [-0.05, 0) is 69.8 Å². The van der Waals surface area contributed by atoms with E-state index >= 15 is 0 Å². The van der Waals surface area contributed by atoms with E-state index in [2.05, 4.69) is 70.1 Å². The van der Waals surface area contributed by atoms with Crippen LogP contribution >= 0.6 is 31.9 Å². The Hall–Kier alpha value is -0.0200. The van der Waals surface area contributed by atoms with Crippen molar-refractivity contribution in [3.05, 3.63) is 26.6 Å². The Labute approximate surface area is 103 Å². The normalized spacial score (nSPS) is 12.6. The highest BCUT2D eigenvalue weighted by Gasteiger charge is 2.07. The van der Waals surface area contributed by atoms with Crippen LogP contribution in [0.2, 0.25) is 0 Å². The molecule has 1 aromatic carbocycles. The number of benzene rings is 1. The third-order valence-electron chi connectivity index (χ3n) is 2.19. The van der Waals surface area contributed by atoms with Crippen molar-refractivity contribution in [2.45, 2.75) is 33.2 Å². The molecule has 0 fully saturated rings. The van der Waals surface area contributed by atoms with Crippen molar-refractivity contribution in [3.8, 4) is 0 Å². The Morgan fingerprint density at radius 1 is 1.29 bits per heavy atom. The highest BCUT2D eigenvalue weighted by atomic mass is 79.9. The zero-order valence-corrected chi connectivity index (χ0v) is 11.9. The van der Waals surface area contributed by atoms with Gasteiger partial charge in [0.05, 0.1) is 5.69 Å². The van der Waals surface area contributed by atoms with E-state index in [1.165, 1.54) is 5.56 Å². The van der Waals surface area contributed by atoms with Crippen molar-refractivity contribution in [1.29, 1.82) is 0 Å². The van der Waals surface area contributed by atoms with Gasteiger partial charge < -0.3 is 5.32 Å². The molecule has 0 saturated carbocycles. The van der Waals surface area contributed by atoms with Crippen molar-refractivity contribution in [3.63, 3.8) is 0 Å². The zero-order chi connectivity index (χ0) is 10.7. The molecule has 3 heteroatoms. The number of anilines is 1. The lowest BCUT2D eigenvalue weighted by Crippen LogP contribution is -2.14. The highest BCUT2D eigenvalue weighted by Crippen LogP contribution is 2.32. The maximum atomic E-state index is 3.56. The largest absolute Gasteiger partial charge is 0.381 e. The summed E-state index contributed by atoms with van der Waals surface area (Å²) >= 11 is 7.13. The highest BCUT2D eigenvalue weighted by molar-refractivity contribution is 9.11. The molecule has 0 radical (unpaired) electrons. The average Bonchev–Trinajstić information content (AvgIpc) is 2.10. The minimum Gasteiger partial charge on any atom is -0.381 e. The van der Waals surface area contributed by atoms with E-state index in [9.17, 15) is 0 Å². The van der Waals surface area contributed by atoms with Crippen LogP contribution in [-0.2, 0) is 0 Å². The predicted octanol–water partition coefficient (Wildman–Crippen LogP) is 4.73. The van der Waals surface area contributed by atoms with Gasteiger partial charge in [-0.3, -0.25) is 0 Å². The SMILES string of the molecule is CCC(C)Nc1c(Br)cc(C)cc1Br. The Kier molecular flexibility index (Phi) is 4.45. The Balaban J connectivity index is 2.96. The summed E-state index contributed by atoms with van der Waals surface area (Å²) in [4.78, 5) is 0. The van der Waals surface area contributed by atoms with E-state index in [4.69, 9.17) is 0 Å². The van der Waals surface area contributed by atoms with Crippen LogP contribution in [0.1, 0.15) is 25.8 Å². The van der Waals surface area contributed by atoms with Gasteiger partial charge >= 0.3 is 0 Å². The van der Waals surface area contributed by atoms with Gasteiger partial charge in [0.25, 0.3) is 0 Å². The zero-order valence-electron chi connectivity index (χ0n) is 8.70. The number of halogens is 2. The molecule has 0 bridgehead atoms. The summed E-state index contributed by atoms with van der Waals surface area (Å²) in [5, 5.41) is 3.46. The van der Waals surface area contributed by atoms with Gasteiger partial charge in [0.15, 0.2) is 0 Å². The Morgan fingerprint density at radius 3 is 2.21 bits per heavy atom. The molecule has 14 heavy (non-hydrogen) atoms.